The van der Waals surface area contributed by atoms with Crippen LogP contribution in [0.3, 0.4) is 0 Å². The lowest BCUT2D eigenvalue weighted by Crippen LogP contribution is -2.50. The molecule has 4 heterocycles. The number of halogens is 1. The minimum atomic E-state index is -0.521. The van der Waals surface area contributed by atoms with E-state index < -0.39 is 5.97 Å². The number of hydrogen-bond donors (Lipinski definition) is 0. The van der Waals surface area contributed by atoms with Crippen molar-refractivity contribution in [2.24, 2.45) is 0 Å². The molecule has 3 aliphatic heterocycles. The zero-order valence-corrected chi connectivity index (χ0v) is 24.1. The summed E-state index contributed by atoms with van der Waals surface area (Å²) >= 11 is 6.52. The van der Waals surface area contributed by atoms with Gasteiger partial charge in [0.25, 0.3) is 0 Å². The number of pyridine rings is 1. The van der Waals surface area contributed by atoms with Gasteiger partial charge in [0.2, 0.25) is 6.79 Å². The number of ether oxygens (including phenoxy) is 4. The zero-order valence-electron chi connectivity index (χ0n) is 23.4. The van der Waals surface area contributed by atoms with E-state index >= 15 is 0 Å². The summed E-state index contributed by atoms with van der Waals surface area (Å²) in [6.07, 6.45) is 2.73. The molecular formula is C29H34ClN5O6. The molecule has 218 valence electrons. The lowest BCUT2D eigenvalue weighted by atomic mass is 10.0. The van der Waals surface area contributed by atoms with Gasteiger partial charge >= 0.3 is 12.1 Å². The Bertz CT molecular complexity index is 1340. The highest BCUT2D eigenvalue weighted by Crippen LogP contribution is 2.37. The van der Waals surface area contributed by atoms with Crippen molar-refractivity contribution in [3.05, 3.63) is 45.6 Å². The summed E-state index contributed by atoms with van der Waals surface area (Å²) < 4.78 is 21.9. The van der Waals surface area contributed by atoms with E-state index in [1.807, 2.05) is 11.0 Å². The maximum Gasteiger partial charge on any atom is 0.409 e. The summed E-state index contributed by atoms with van der Waals surface area (Å²) in [5.41, 5.74) is 2.08. The van der Waals surface area contributed by atoms with Crippen LogP contribution in [-0.2, 0) is 16.0 Å². The first-order chi connectivity index (χ1) is 19.9. The second-order valence-corrected chi connectivity index (χ2v) is 10.7. The molecule has 0 aliphatic carbocycles. The second kappa shape index (κ2) is 12.8. The number of fused-ring (bicyclic) bond motifs is 1. The Morgan fingerprint density at radius 2 is 1.85 bits per heavy atom. The van der Waals surface area contributed by atoms with Crippen LogP contribution in [-0.4, -0.2) is 85.6 Å². The van der Waals surface area contributed by atoms with Gasteiger partial charge < -0.3 is 28.7 Å². The predicted molar refractivity (Wildman–Crippen MR) is 150 cm³/mol. The lowest BCUT2D eigenvalue weighted by Gasteiger charge is -2.37. The molecule has 0 saturated carbocycles. The average Bonchev–Trinajstić information content (AvgIpc) is 3.43. The van der Waals surface area contributed by atoms with E-state index in [0.29, 0.717) is 72.9 Å². The fourth-order valence-corrected chi connectivity index (χ4v) is 5.64. The van der Waals surface area contributed by atoms with Crippen molar-refractivity contribution in [3.63, 3.8) is 0 Å². The van der Waals surface area contributed by atoms with Crippen LogP contribution in [0.5, 0.6) is 11.5 Å². The molecule has 2 saturated heterocycles. The summed E-state index contributed by atoms with van der Waals surface area (Å²) in [7, 11) is 0. The van der Waals surface area contributed by atoms with E-state index in [1.54, 1.807) is 24.8 Å². The molecule has 1 aromatic carbocycles. The number of carbonyl (C=O) groups excluding carboxylic acids is 2. The van der Waals surface area contributed by atoms with Crippen LogP contribution in [0.15, 0.2) is 18.2 Å². The number of carbonyl (C=O) groups is 2. The number of aromatic nitrogens is 1. The van der Waals surface area contributed by atoms with Gasteiger partial charge in [0.15, 0.2) is 11.5 Å². The number of nitriles is 1. The van der Waals surface area contributed by atoms with Crippen LogP contribution >= 0.6 is 11.6 Å². The third kappa shape index (κ3) is 6.44. The molecule has 0 radical (unpaired) electrons. The van der Waals surface area contributed by atoms with Crippen molar-refractivity contribution in [3.8, 4) is 17.6 Å². The number of piperidine rings is 1. The molecule has 41 heavy (non-hydrogen) atoms. The molecule has 11 nitrogen and oxygen atoms in total. The molecule has 2 fully saturated rings. The molecule has 1 unspecified atom stereocenters. The molecule has 1 amide bonds. The number of anilines is 1. The van der Waals surface area contributed by atoms with Gasteiger partial charge in [0, 0.05) is 49.9 Å². The van der Waals surface area contributed by atoms with Gasteiger partial charge in [-0.1, -0.05) is 18.0 Å². The molecule has 3 aliphatic rings. The highest BCUT2D eigenvalue weighted by Gasteiger charge is 2.30. The summed E-state index contributed by atoms with van der Waals surface area (Å²) in [5.74, 6) is 1.30. The first-order valence-electron chi connectivity index (χ1n) is 14.0. The molecule has 0 spiro atoms. The fourth-order valence-electron chi connectivity index (χ4n) is 5.42. The monoisotopic (exact) mass is 583 g/mol. The first-order valence-corrected chi connectivity index (χ1v) is 14.3. The van der Waals surface area contributed by atoms with Crippen LogP contribution in [0, 0.1) is 18.3 Å². The van der Waals surface area contributed by atoms with Crippen molar-refractivity contribution < 1.29 is 28.5 Å². The Balaban J connectivity index is 1.17. The van der Waals surface area contributed by atoms with Gasteiger partial charge in [0.05, 0.1) is 17.9 Å². The van der Waals surface area contributed by atoms with E-state index in [4.69, 9.17) is 30.5 Å². The van der Waals surface area contributed by atoms with Crippen LogP contribution in [0.1, 0.15) is 53.4 Å². The van der Waals surface area contributed by atoms with Crippen molar-refractivity contribution in [1.29, 1.82) is 5.26 Å². The number of rotatable bonds is 7. The van der Waals surface area contributed by atoms with E-state index in [1.165, 1.54) is 6.07 Å². The van der Waals surface area contributed by atoms with Gasteiger partial charge in [-0.15, -0.1) is 0 Å². The van der Waals surface area contributed by atoms with Crippen LogP contribution in [0.25, 0.3) is 0 Å². The quantitative estimate of drug-likeness (QED) is 0.440. The summed E-state index contributed by atoms with van der Waals surface area (Å²) in [4.78, 5) is 36.1. The number of likely N-dealkylation sites (tertiary alicyclic amines) is 1. The lowest BCUT2D eigenvalue weighted by molar-refractivity contribution is 0.0453. The SMILES string of the molecule is CCOC(=O)c1cc(C#N)c(C)nc1N1CCN(C(=O)OCC2CCCCN2Cc2cc3c(cc2Cl)OCO3)CC1. The topological polar surface area (TPSA) is 117 Å². The number of amides is 1. The van der Waals surface area contributed by atoms with Gasteiger partial charge in [-0.25, -0.2) is 14.6 Å². The van der Waals surface area contributed by atoms with Crippen molar-refractivity contribution in [2.45, 2.75) is 45.7 Å². The van der Waals surface area contributed by atoms with E-state index in [9.17, 15) is 14.9 Å². The van der Waals surface area contributed by atoms with Crippen LogP contribution in [0.4, 0.5) is 10.6 Å². The molecule has 2 aromatic rings. The van der Waals surface area contributed by atoms with Gasteiger partial charge in [-0.05, 0) is 50.9 Å². The maximum atomic E-state index is 13.0. The summed E-state index contributed by atoms with van der Waals surface area (Å²) in [5, 5.41) is 10.0. The largest absolute Gasteiger partial charge is 0.462 e. The van der Waals surface area contributed by atoms with E-state index in [2.05, 4.69) is 16.0 Å². The minimum Gasteiger partial charge on any atom is -0.462 e. The second-order valence-electron chi connectivity index (χ2n) is 10.3. The molecular weight excluding hydrogens is 550 g/mol. The highest BCUT2D eigenvalue weighted by atomic mass is 35.5. The van der Waals surface area contributed by atoms with Crippen molar-refractivity contribution >= 4 is 29.5 Å². The number of hydrogen-bond acceptors (Lipinski definition) is 10. The van der Waals surface area contributed by atoms with Crippen LogP contribution in [0.2, 0.25) is 5.02 Å². The highest BCUT2D eigenvalue weighted by molar-refractivity contribution is 6.31. The standard InChI is InChI=1S/C29H34ClN5O6/c1-3-38-28(36)23-12-20(15-31)19(2)32-27(23)33-8-10-34(11-9-33)29(37)39-17-22-6-4-5-7-35(22)16-21-13-25-26(14-24(21)30)41-18-40-25/h12-14,22H,3-11,16-18H2,1-2H3. The smallest absolute Gasteiger partial charge is 0.409 e. The first kappa shape index (κ1) is 28.8. The van der Waals surface area contributed by atoms with Crippen molar-refractivity contribution in [1.82, 2.24) is 14.8 Å². The number of esters is 1. The van der Waals surface area contributed by atoms with Crippen molar-refractivity contribution in [2.75, 3.05) is 57.6 Å². The number of benzene rings is 1. The molecule has 1 aromatic heterocycles. The predicted octanol–water partition coefficient (Wildman–Crippen LogP) is 4.13. The summed E-state index contributed by atoms with van der Waals surface area (Å²) in [6.45, 7) is 7.49. The Kier molecular flexibility index (Phi) is 9.00. The molecule has 0 N–H and O–H groups in total. The minimum absolute atomic E-state index is 0.0911. The molecule has 0 bridgehead atoms. The number of nitrogens with zero attached hydrogens (tertiary/aromatic N) is 5. The third-order valence-corrected chi connectivity index (χ3v) is 8.06. The Morgan fingerprint density at radius 3 is 2.59 bits per heavy atom. The van der Waals surface area contributed by atoms with Gasteiger partial charge in [-0.2, -0.15) is 5.26 Å². The summed E-state index contributed by atoms with van der Waals surface area (Å²) in [6, 6.07) is 7.42. The average molecular weight is 584 g/mol. The van der Waals surface area contributed by atoms with Gasteiger partial charge in [-0.3, -0.25) is 4.90 Å². The Labute approximate surface area is 244 Å². The Morgan fingerprint density at radius 1 is 1.10 bits per heavy atom. The number of aryl methyl sites for hydroxylation is 1. The maximum absolute atomic E-state index is 13.0. The fraction of sp³-hybridized carbons (Fsp3) is 0.517. The van der Waals surface area contributed by atoms with E-state index in [0.717, 1.165) is 31.4 Å². The molecule has 12 heteroatoms. The third-order valence-electron chi connectivity index (χ3n) is 7.71. The normalized spacial score (nSPS) is 18.6. The van der Waals surface area contributed by atoms with E-state index in [-0.39, 0.29) is 31.1 Å². The van der Waals surface area contributed by atoms with Crippen LogP contribution < -0.4 is 14.4 Å². The molecule has 5 rings (SSSR count). The Hall–Kier alpha value is -3.75. The van der Waals surface area contributed by atoms with Gasteiger partial charge in [0.1, 0.15) is 24.1 Å². The number of piperazine rings is 1. The zero-order chi connectivity index (χ0) is 28.9. The molecule has 1 atom stereocenters.